The molecule has 0 unspecified atom stereocenters. The Labute approximate surface area is 166 Å². The Morgan fingerprint density at radius 1 is 0.893 bits per heavy atom. The predicted octanol–water partition coefficient (Wildman–Crippen LogP) is 4.73. The van der Waals surface area contributed by atoms with Crippen LogP contribution in [0.4, 0.5) is 11.6 Å². The summed E-state index contributed by atoms with van der Waals surface area (Å²) in [5, 5.41) is 3.25. The van der Waals surface area contributed by atoms with Gasteiger partial charge < -0.3 is 5.32 Å². The van der Waals surface area contributed by atoms with E-state index in [-0.39, 0.29) is 10.7 Å². The van der Waals surface area contributed by atoms with Crippen LogP contribution in [0, 0.1) is 6.92 Å². The Morgan fingerprint density at radius 3 is 2.29 bits per heavy atom. The second-order valence-corrected chi connectivity index (χ2v) is 8.50. The van der Waals surface area contributed by atoms with E-state index < -0.39 is 10.0 Å². The van der Waals surface area contributed by atoms with E-state index >= 15 is 0 Å². The molecule has 0 radical (unpaired) electrons. The van der Waals surface area contributed by atoms with Gasteiger partial charge >= 0.3 is 0 Å². The molecular formula is C21H26N4O2S. The lowest BCUT2D eigenvalue weighted by atomic mass is 10.2. The van der Waals surface area contributed by atoms with Crippen LogP contribution >= 0.6 is 0 Å². The number of nitrogens with zero attached hydrogens (tertiary/aromatic N) is 2. The molecule has 0 saturated heterocycles. The second kappa shape index (κ2) is 9.01. The number of benzene rings is 2. The zero-order valence-corrected chi connectivity index (χ0v) is 17.1. The Hall–Kier alpha value is -2.67. The van der Waals surface area contributed by atoms with Gasteiger partial charge in [-0.2, -0.15) is 0 Å². The fourth-order valence-corrected chi connectivity index (χ4v) is 4.04. The van der Waals surface area contributed by atoms with Gasteiger partial charge in [0.05, 0.1) is 15.9 Å². The summed E-state index contributed by atoms with van der Waals surface area (Å²) in [4.78, 5) is 9.30. The number of para-hydroxylation sites is 2. The molecule has 0 amide bonds. The molecule has 2 aromatic carbocycles. The van der Waals surface area contributed by atoms with E-state index in [9.17, 15) is 8.42 Å². The molecule has 0 aliphatic rings. The van der Waals surface area contributed by atoms with Crippen LogP contribution in [0.5, 0.6) is 0 Å². The maximum atomic E-state index is 12.9. The third-order valence-electron chi connectivity index (χ3n) is 4.42. The molecule has 0 fully saturated rings. The molecule has 0 saturated carbocycles. The van der Waals surface area contributed by atoms with Gasteiger partial charge in [0.2, 0.25) is 0 Å². The van der Waals surface area contributed by atoms with Crippen molar-refractivity contribution in [2.75, 3.05) is 16.6 Å². The number of sulfonamides is 1. The van der Waals surface area contributed by atoms with Gasteiger partial charge in [-0.05, 0) is 43.2 Å². The third-order valence-corrected chi connectivity index (χ3v) is 5.76. The van der Waals surface area contributed by atoms with Crippen LogP contribution < -0.4 is 10.0 Å². The predicted molar refractivity (Wildman–Crippen MR) is 114 cm³/mol. The minimum absolute atomic E-state index is 0.205. The summed E-state index contributed by atoms with van der Waals surface area (Å²) < 4.78 is 28.3. The Morgan fingerprint density at radius 2 is 1.61 bits per heavy atom. The smallest absolute Gasteiger partial charge is 0.263 e. The third kappa shape index (κ3) is 4.98. The maximum Gasteiger partial charge on any atom is 0.263 e. The highest BCUT2D eigenvalue weighted by molar-refractivity contribution is 7.92. The first kappa shape index (κ1) is 20.1. The summed E-state index contributed by atoms with van der Waals surface area (Å²) in [5.41, 5.74) is 2.24. The summed E-state index contributed by atoms with van der Waals surface area (Å²) in [5.74, 6) is 0.669. The molecule has 2 N–H and O–H groups in total. The summed E-state index contributed by atoms with van der Waals surface area (Å²) in [6, 6.07) is 14.2. The molecule has 148 valence electrons. The van der Waals surface area contributed by atoms with Gasteiger partial charge in [-0.1, -0.05) is 50.5 Å². The van der Waals surface area contributed by atoms with E-state index in [1.165, 1.54) is 6.42 Å². The van der Waals surface area contributed by atoms with Crippen molar-refractivity contribution in [3.63, 3.8) is 0 Å². The highest BCUT2D eigenvalue weighted by Gasteiger charge is 2.18. The van der Waals surface area contributed by atoms with Gasteiger partial charge in [0, 0.05) is 6.54 Å². The number of anilines is 2. The number of hydrogen-bond acceptors (Lipinski definition) is 5. The number of fused-ring (bicyclic) bond motifs is 1. The second-order valence-electron chi connectivity index (χ2n) is 6.82. The van der Waals surface area contributed by atoms with Gasteiger partial charge in [0.25, 0.3) is 10.0 Å². The first-order valence-corrected chi connectivity index (χ1v) is 11.1. The fourth-order valence-electron chi connectivity index (χ4n) is 2.92. The van der Waals surface area contributed by atoms with E-state index in [1.54, 1.807) is 18.2 Å². The SMILES string of the molecule is CCCCCCNc1nc2ccccc2nc1NS(=O)(=O)c1cccc(C)c1. The van der Waals surface area contributed by atoms with Crippen LogP contribution in [0.2, 0.25) is 0 Å². The molecule has 3 aromatic rings. The number of hydrogen-bond donors (Lipinski definition) is 2. The first-order chi connectivity index (χ1) is 13.5. The van der Waals surface area contributed by atoms with Crippen molar-refractivity contribution in [1.82, 2.24) is 9.97 Å². The van der Waals surface area contributed by atoms with Gasteiger partial charge in [-0.15, -0.1) is 0 Å². The molecular weight excluding hydrogens is 372 g/mol. The fraction of sp³-hybridized carbons (Fsp3) is 0.333. The van der Waals surface area contributed by atoms with Crippen molar-refractivity contribution < 1.29 is 8.42 Å². The van der Waals surface area contributed by atoms with Crippen LogP contribution in [0.1, 0.15) is 38.2 Å². The van der Waals surface area contributed by atoms with Crippen LogP contribution in [-0.4, -0.2) is 24.9 Å². The zero-order valence-electron chi connectivity index (χ0n) is 16.3. The topological polar surface area (TPSA) is 84.0 Å². The molecule has 7 heteroatoms. The van der Waals surface area contributed by atoms with Crippen LogP contribution in [-0.2, 0) is 10.0 Å². The average molecular weight is 399 g/mol. The summed E-state index contributed by atoms with van der Waals surface area (Å²) in [6.45, 7) is 4.74. The molecule has 3 rings (SSSR count). The average Bonchev–Trinajstić information content (AvgIpc) is 2.68. The van der Waals surface area contributed by atoms with E-state index in [0.29, 0.717) is 17.9 Å². The van der Waals surface area contributed by atoms with Crippen molar-refractivity contribution >= 4 is 32.7 Å². The maximum absolute atomic E-state index is 12.9. The van der Waals surface area contributed by atoms with Gasteiger partial charge in [-0.25, -0.2) is 18.4 Å². The van der Waals surface area contributed by atoms with E-state index in [0.717, 1.165) is 30.3 Å². The first-order valence-electron chi connectivity index (χ1n) is 9.60. The number of aryl methyl sites for hydroxylation is 1. The van der Waals surface area contributed by atoms with Crippen LogP contribution in [0.3, 0.4) is 0 Å². The molecule has 1 heterocycles. The highest BCUT2D eigenvalue weighted by Crippen LogP contribution is 2.24. The lowest BCUT2D eigenvalue weighted by Crippen LogP contribution is -2.17. The highest BCUT2D eigenvalue weighted by atomic mass is 32.2. The Bertz CT molecular complexity index is 1050. The largest absolute Gasteiger partial charge is 0.367 e. The molecule has 0 bridgehead atoms. The zero-order chi connectivity index (χ0) is 20.0. The number of nitrogens with one attached hydrogen (secondary N) is 2. The van der Waals surface area contributed by atoms with E-state index in [4.69, 9.17) is 0 Å². The Balaban J connectivity index is 1.90. The minimum atomic E-state index is -3.76. The normalized spacial score (nSPS) is 11.5. The summed E-state index contributed by atoms with van der Waals surface area (Å²) >= 11 is 0. The van der Waals surface area contributed by atoms with Crippen LogP contribution in [0.25, 0.3) is 11.0 Å². The van der Waals surface area contributed by atoms with Gasteiger partial charge in [0.1, 0.15) is 0 Å². The molecule has 0 spiro atoms. The van der Waals surface area contributed by atoms with Gasteiger partial charge in [0.15, 0.2) is 11.6 Å². The number of unbranched alkanes of at least 4 members (excludes halogenated alkanes) is 3. The summed E-state index contributed by atoms with van der Waals surface area (Å²) in [6.07, 6.45) is 4.45. The van der Waals surface area contributed by atoms with Gasteiger partial charge in [-0.3, -0.25) is 4.72 Å². The molecule has 0 aliphatic heterocycles. The lowest BCUT2D eigenvalue weighted by Gasteiger charge is -2.14. The minimum Gasteiger partial charge on any atom is -0.367 e. The Kier molecular flexibility index (Phi) is 6.46. The van der Waals surface area contributed by atoms with Crippen LogP contribution in [0.15, 0.2) is 53.4 Å². The quantitative estimate of drug-likeness (QED) is 0.509. The van der Waals surface area contributed by atoms with E-state index in [1.807, 2.05) is 37.3 Å². The number of rotatable bonds is 9. The monoisotopic (exact) mass is 398 g/mol. The molecule has 28 heavy (non-hydrogen) atoms. The van der Waals surface area contributed by atoms with Crippen molar-refractivity contribution in [2.45, 2.75) is 44.4 Å². The van der Waals surface area contributed by atoms with Crippen molar-refractivity contribution in [2.24, 2.45) is 0 Å². The number of aromatic nitrogens is 2. The van der Waals surface area contributed by atoms with Crippen molar-refractivity contribution in [3.8, 4) is 0 Å². The molecule has 0 atom stereocenters. The molecule has 0 aliphatic carbocycles. The summed E-state index contributed by atoms with van der Waals surface area (Å²) in [7, 11) is -3.76. The van der Waals surface area contributed by atoms with Crippen molar-refractivity contribution in [3.05, 3.63) is 54.1 Å². The van der Waals surface area contributed by atoms with E-state index in [2.05, 4.69) is 26.9 Å². The van der Waals surface area contributed by atoms with Crippen molar-refractivity contribution in [1.29, 1.82) is 0 Å². The lowest BCUT2D eigenvalue weighted by molar-refractivity contribution is 0.601. The molecule has 6 nitrogen and oxygen atoms in total. The standard InChI is InChI=1S/C21H26N4O2S/c1-3-4-5-8-14-22-20-21(24-19-13-7-6-12-18(19)23-20)25-28(26,27)17-11-9-10-16(2)15-17/h6-7,9-13,15H,3-5,8,14H2,1-2H3,(H,22,23)(H,24,25). The molecule has 1 aromatic heterocycles.